The third kappa shape index (κ3) is 3.67. The highest BCUT2D eigenvalue weighted by Crippen LogP contribution is 2.37. The number of nitrogens with zero attached hydrogens (tertiary/aromatic N) is 1. The lowest BCUT2D eigenvalue weighted by atomic mass is 10.1. The van der Waals surface area contributed by atoms with Crippen molar-refractivity contribution >= 4 is 11.6 Å². The van der Waals surface area contributed by atoms with E-state index in [4.69, 9.17) is 21.6 Å². The van der Waals surface area contributed by atoms with Gasteiger partial charge in [-0.05, 0) is 24.3 Å². The van der Waals surface area contributed by atoms with Gasteiger partial charge in [-0.1, -0.05) is 29.8 Å². The molecule has 0 spiro atoms. The van der Waals surface area contributed by atoms with E-state index in [2.05, 4.69) is 0 Å². The highest BCUT2D eigenvalue weighted by molar-refractivity contribution is 6.31. The zero-order valence-electron chi connectivity index (χ0n) is 10.6. The molecule has 0 saturated carbocycles. The predicted molar refractivity (Wildman–Crippen MR) is 71.9 cm³/mol. The molecule has 21 heavy (non-hydrogen) atoms. The third-order valence-corrected chi connectivity index (χ3v) is 3.12. The van der Waals surface area contributed by atoms with E-state index in [1.807, 2.05) is 0 Å². The minimum atomic E-state index is -4.59. The molecule has 2 aromatic rings. The summed E-state index contributed by atoms with van der Waals surface area (Å²) in [6.45, 7) is -0.0886. The quantitative estimate of drug-likeness (QED) is 0.815. The largest absolute Gasteiger partial charge is 0.488 e. The number of halogens is 4. The second kappa shape index (κ2) is 6.06. The van der Waals surface area contributed by atoms with E-state index in [1.165, 1.54) is 6.07 Å². The van der Waals surface area contributed by atoms with Crippen LogP contribution in [0, 0.1) is 11.3 Å². The second-order valence-electron chi connectivity index (χ2n) is 4.20. The van der Waals surface area contributed by atoms with E-state index < -0.39 is 11.7 Å². The topological polar surface area (TPSA) is 33.0 Å². The Morgan fingerprint density at radius 3 is 2.48 bits per heavy atom. The zero-order chi connectivity index (χ0) is 15.5. The maximum Gasteiger partial charge on any atom is 0.420 e. The number of hydrogen-bond acceptors (Lipinski definition) is 2. The summed E-state index contributed by atoms with van der Waals surface area (Å²) in [5, 5.41) is 9.10. The Labute approximate surface area is 124 Å². The highest BCUT2D eigenvalue weighted by Gasteiger charge is 2.34. The molecule has 0 aromatic heterocycles. The van der Waals surface area contributed by atoms with Gasteiger partial charge in [0.15, 0.2) is 0 Å². The predicted octanol–water partition coefficient (Wildman–Crippen LogP) is 4.81. The summed E-state index contributed by atoms with van der Waals surface area (Å²) >= 11 is 5.92. The van der Waals surface area contributed by atoms with Crippen LogP contribution in [0.1, 0.15) is 16.7 Å². The van der Waals surface area contributed by atoms with Gasteiger partial charge < -0.3 is 4.74 Å². The molecule has 0 N–H and O–H groups in total. The Hall–Kier alpha value is -2.19. The molecule has 0 atom stereocenters. The Bertz CT molecular complexity index is 692. The van der Waals surface area contributed by atoms with Gasteiger partial charge in [0.25, 0.3) is 0 Å². The number of nitriles is 1. The smallest absolute Gasteiger partial charge is 0.420 e. The van der Waals surface area contributed by atoms with Crippen LogP contribution < -0.4 is 4.74 Å². The van der Waals surface area contributed by atoms with E-state index in [-0.39, 0.29) is 17.9 Å². The van der Waals surface area contributed by atoms with Crippen molar-refractivity contribution < 1.29 is 17.9 Å². The normalized spacial score (nSPS) is 11.0. The van der Waals surface area contributed by atoms with Crippen LogP contribution in [0.3, 0.4) is 0 Å². The molecule has 0 aliphatic carbocycles. The Morgan fingerprint density at radius 1 is 1.14 bits per heavy atom. The molecule has 0 aliphatic heterocycles. The average molecular weight is 312 g/mol. The summed E-state index contributed by atoms with van der Waals surface area (Å²) in [7, 11) is 0. The van der Waals surface area contributed by atoms with Crippen molar-refractivity contribution in [1.82, 2.24) is 0 Å². The summed E-state index contributed by atoms with van der Waals surface area (Å²) in [5.41, 5.74) is -0.474. The van der Waals surface area contributed by atoms with Crippen molar-refractivity contribution in [2.45, 2.75) is 12.8 Å². The van der Waals surface area contributed by atoms with E-state index in [9.17, 15) is 13.2 Å². The molecule has 0 heterocycles. The second-order valence-corrected chi connectivity index (χ2v) is 4.61. The molecule has 0 saturated heterocycles. The van der Waals surface area contributed by atoms with Crippen LogP contribution in [0.15, 0.2) is 42.5 Å². The third-order valence-electron chi connectivity index (χ3n) is 2.76. The molecule has 2 rings (SSSR count). The molecule has 0 bridgehead atoms. The molecule has 2 aromatic carbocycles. The number of ether oxygens (including phenoxy) is 1. The first-order valence-corrected chi connectivity index (χ1v) is 6.27. The Balaban J connectivity index is 2.28. The molecule has 0 fully saturated rings. The van der Waals surface area contributed by atoms with Gasteiger partial charge in [0, 0.05) is 10.6 Å². The van der Waals surface area contributed by atoms with Crippen LogP contribution >= 0.6 is 11.6 Å². The van der Waals surface area contributed by atoms with E-state index in [0.717, 1.165) is 12.1 Å². The fraction of sp³-hybridized carbons (Fsp3) is 0.133. The standard InChI is InChI=1S/C15H9ClF3NO/c16-13-4-2-1-3-11(13)9-21-14-6-5-10(8-20)7-12(14)15(17,18)19/h1-7H,9H2. The average Bonchev–Trinajstić information content (AvgIpc) is 2.45. The molecule has 0 aliphatic rings. The van der Waals surface area contributed by atoms with Crippen LogP contribution in [0.4, 0.5) is 13.2 Å². The van der Waals surface area contributed by atoms with Crippen molar-refractivity contribution in [2.24, 2.45) is 0 Å². The van der Waals surface area contributed by atoms with Gasteiger partial charge >= 0.3 is 6.18 Å². The first kappa shape index (κ1) is 15.2. The molecular weight excluding hydrogens is 303 g/mol. The lowest BCUT2D eigenvalue weighted by Gasteiger charge is -2.14. The maximum absolute atomic E-state index is 13.0. The molecule has 6 heteroatoms. The van der Waals surface area contributed by atoms with Crippen molar-refractivity contribution in [3.05, 3.63) is 64.2 Å². The molecule has 0 unspecified atom stereocenters. The number of alkyl halides is 3. The summed E-state index contributed by atoms with van der Waals surface area (Å²) in [6.07, 6.45) is -4.59. The summed E-state index contributed by atoms with van der Waals surface area (Å²) < 4.78 is 44.1. The summed E-state index contributed by atoms with van der Waals surface area (Å²) in [6, 6.07) is 11.6. The Kier molecular flexibility index (Phi) is 4.39. The monoisotopic (exact) mass is 311 g/mol. The van der Waals surface area contributed by atoms with Gasteiger partial charge in [0.05, 0.1) is 17.2 Å². The molecule has 0 radical (unpaired) electrons. The minimum absolute atomic E-state index is 0.0765. The summed E-state index contributed by atoms with van der Waals surface area (Å²) in [4.78, 5) is 0. The van der Waals surface area contributed by atoms with Crippen molar-refractivity contribution in [3.8, 4) is 11.8 Å². The number of hydrogen-bond donors (Lipinski definition) is 0. The van der Waals surface area contributed by atoms with Gasteiger partial charge in [-0.15, -0.1) is 0 Å². The van der Waals surface area contributed by atoms with Crippen LogP contribution in [0.2, 0.25) is 5.02 Å². The van der Waals surface area contributed by atoms with Gasteiger partial charge in [-0.2, -0.15) is 18.4 Å². The highest BCUT2D eigenvalue weighted by atomic mass is 35.5. The van der Waals surface area contributed by atoms with E-state index >= 15 is 0 Å². The van der Waals surface area contributed by atoms with E-state index in [0.29, 0.717) is 10.6 Å². The van der Waals surface area contributed by atoms with Gasteiger partial charge in [-0.25, -0.2) is 0 Å². The fourth-order valence-electron chi connectivity index (χ4n) is 1.72. The van der Waals surface area contributed by atoms with Gasteiger partial charge in [-0.3, -0.25) is 0 Å². The Morgan fingerprint density at radius 2 is 1.86 bits per heavy atom. The molecular formula is C15H9ClF3NO. The lowest BCUT2D eigenvalue weighted by Crippen LogP contribution is -2.09. The molecule has 0 amide bonds. The maximum atomic E-state index is 13.0. The minimum Gasteiger partial charge on any atom is -0.488 e. The van der Waals surface area contributed by atoms with Crippen LogP contribution in [0.5, 0.6) is 5.75 Å². The fourth-order valence-corrected chi connectivity index (χ4v) is 1.91. The number of benzene rings is 2. The van der Waals surface area contributed by atoms with Crippen molar-refractivity contribution in [2.75, 3.05) is 0 Å². The SMILES string of the molecule is N#Cc1ccc(OCc2ccccc2Cl)c(C(F)(F)F)c1. The summed E-state index contributed by atoms with van der Waals surface area (Å²) in [5.74, 6) is -0.332. The van der Waals surface area contributed by atoms with Crippen LogP contribution in [-0.2, 0) is 12.8 Å². The van der Waals surface area contributed by atoms with Gasteiger partial charge in [0.1, 0.15) is 12.4 Å². The van der Waals surface area contributed by atoms with Crippen LogP contribution in [0.25, 0.3) is 0 Å². The van der Waals surface area contributed by atoms with Crippen LogP contribution in [-0.4, -0.2) is 0 Å². The van der Waals surface area contributed by atoms with Gasteiger partial charge in [0.2, 0.25) is 0 Å². The first-order chi connectivity index (χ1) is 9.91. The van der Waals surface area contributed by atoms with E-state index in [1.54, 1.807) is 30.3 Å². The van der Waals surface area contributed by atoms with Crippen molar-refractivity contribution in [1.29, 1.82) is 5.26 Å². The number of rotatable bonds is 3. The molecule has 108 valence electrons. The van der Waals surface area contributed by atoms with Crippen molar-refractivity contribution in [3.63, 3.8) is 0 Å². The first-order valence-electron chi connectivity index (χ1n) is 5.89. The zero-order valence-corrected chi connectivity index (χ0v) is 11.4. The lowest BCUT2D eigenvalue weighted by molar-refractivity contribution is -0.139. The molecule has 2 nitrogen and oxygen atoms in total.